The van der Waals surface area contributed by atoms with Crippen LogP contribution in [-0.4, -0.2) is 13.6 Å². The second-order valence-corrected chi connectivity index (χ2v) is 3.64. The highest BCUT2D eigenvalue weighted by atomic mass is 19.3. The van der Waals surface area contributed by atoms with Gasteiger partial charge in [0.25, 0.3) is 5.92 Å². The molecule has 0 atom stereocenters. The summed E-state index contributed by atoms with van der Waals surface area (Å²) >= 11 is 0. The van der Waals surface area contributed by atoms with Gasteiger partial charge < -0.3 is 5.32 Å². The number of hydrogen-bond donors (Lipinski definition) is 1. The highest BCUT2D eigenvalue weighted by Gasteiger charge is 2.32. The number of nitrogens with one attached hydrogen (secondary N) is 1. The van der Waals surface area contributed by atoms with Crippen LogP contribution in [0.3, 0.4) is 0 Å². The third-order valence-corrected chi connectivity index (χ3v) is 2.33. The number of aryl methyl sites for hydroxylation is 1. The van der Waals surface area contributed by atoms with Crippen LogP contribution in [0.1, 0.15) is 24.5 Å². The Labute approximate surface area is 89.5 Å². The van der Waals surface area contributed by atoms with Crippen LogP contribution in [0, 0.1) is 0 Å². The molecule has 0 aliphatic carbocycles. The van der Waals surface area contributed by atoms with E-state index in [-0.39, 0.29) is 12.1 Å². The molecule has 0 unspecified atom stereocenters. The van der Waals surface area contributed by atoms with E-state index < -0.39 is 5.92 Å². The predicted molar refractivity (Wildman–Crippen MR) is 58.3 cm³/mol. The van der Waals surface area contributed by atoms with E-state index in [0.717, 1.165) is 12.0 Å². The summed E-state index contributed by atoms with van der Waals surface area (Å²) < 4.78 is 27.4. The largest absolute Gasteiger partial charge is 0.314 e. The van der Waals surface area contributed by atoms with Crippen LogP contribution in [0.5, 0.6) is 0 Å². The van der Waals surface area contributed by atoms with Gasteiger partial charge in [-0.2, -0.15) is 8.78 Å². The molecule has 3 heteroatoms. The SMILES string of the molecule is CCCc1ccccc1C(F)(F)CNC. The Morgan fingerprint density at radius 3 is 2.53 bits per heavy atom. The van der Waals surface area contributed by atoms with Gasteiger partial charge in [-0.25, -0.2) is 0 Å². The molecule has 0 aromatic heterocycles. The molecule has 1 aromatic rings. The van der Waals surface area contributed by atoms with Crippen LogP contribution in [0.2, 0.25) is 0 Å². The van der Waals surface area contributed by atoms with Crippen molar-refractivity contribution in [1.82, 2.24) is 5.32 Å². The maximum atomic E-state index is 13.7. The molecule has 0 fully saturated rings. The van der Waals surface area contributed by atoms with E-state index in [0.29, 0.717) is 6.42 Å². The third kappa shape index (κ3) is 2.99. The van der Waals surface area contributed by atoms with E-state index >= 15 is 0 Å². The first-order valence-corrected chi connectivity index (χ1v) is 5.22. The fraction of sp³-hybridized carbons (Fsp3) is 0.500. The van der Waals surface area contributed by atoms with E-state index in [4.69, 9.17) is 0 Å². The maximum absolute atomic E-state index is 13.7. The quantitative estimate of drug-likeness (QED) is 0.793. The summed E-state index contributed by atoms with van der Waals surface area (Å²) in [4.78, 5) is 0. The summed E-state index contributed by atoms with van der Waals surface area (Å²) in [6.07, 6.45) is 1.59. The Morgan fingerprint density at radius 1 is 1.27 bits per heavy atom. The van der Waals surface area contributed by atoms with Crippen LogP contribution in [-0.2, 0) is 12.3 Å². The average Bonchev–Trinajstić information content (AvgIpc) is 2.19. The van der Waals surface area contributed by atoms with Crippen molar-refractivity contribution in [2.45, 2.75) is 25.7 Å². The molecule has 0 spiro atoms. The molecule has 1 aromatic carbocycles. The zero-order valence-electron chi connectivity index (χ0n) is 9.19. The zero-order valence-corrected chi connectivity index (χ0v) is 9.19. The van der Waals surface area contributed by atoms with Gasteiger partial charge in [-0.15, -0.1) is 0 Å². The molecule has 0 saturated heterocycles. The van der Waals surface area contributed by atoms with Gasteiger partial charge in [0.05, 0.1) is 6.54 Å². The monoisotopic (exact) mass is 213 g/mol. The molecule has 0 radical (unpaired) electrons. The minimum absolute atomic E-state index is 0.154. The standard InChI is InChI=1S/C12H17F2N/c1-3-6-10-7-4-5-8-11(10)12(13,14)9-15-2/h4-5,7-8,15H,3,6,9H2,1-2H3. The van der Waals surface area contributed by atoms with Gasteiger partial charge in [0.15, 0.2) is 0 Å². The van der Waals surface area contributed by atoms with Crippen LogP contribution < -0.4 is 5.32 Å². The van der Waals surface area contributed by atoms with E-state index in [9.17, 15) is 8.78 Å². The van der Waals surface area contributed by atoms with E-state index in [1.54, 1.807) is 12.1 Å². The Morgan fingerprint density at radius 2 is 1.93 bits per heavy atom. The second-order valence-electron chi connectivity index (χ2n) is 3.64. The van der Waals surface area contributed by atoms with Crippen molar-refractivity contribution in [2.24, 2.45) is 0 Å². The van der Waals surface area contributed by atoms with Crippen molar-refractivity contribution in [3.63, 3.8) is 0 Å². The number of halogens is 2. The Hall–Kier alpha value is -0.960. The lowest BCUT2D eigenvalue weighted by Crippen LogP contribution is -2.29. The van der Waals surface area contributed by atoms with Crippen LogP contribution in [0.25, 0.3) is 0 Å². The number of likely N-dealkylation sites (N-methyl/N-ethyl adjacent to an activating group) is 1. The Bertz CT molecular complexity index is 310. The van der Waals surface area contributed by atoms with Gasteiger partial charge in [0.2, 0.25) is 0 Å². The molecule has 0 saturated carbocycles. The van der Waals surface area contributed by atoms with E-state index in [2.05, 4.69) is 5.32 Å². The van der Waals surface area contributed by atoms with Crippen molar-refractivity contribution >= 4 is 0 Å². The molecule has 84 valence electrons. The van der Waals surface area contributed by atoms with Crippen LogP contribution >= 0.6 is 0 Å². The molecule has 0 heterocycles. The molecule has 1 rings (SSSR count). The molecule has 0 aliphatic heterocycles. The number of hydrogen-bond acceptors (Lipinski definition) is 1. The first-order valence-electron chi connectivity index (χ1n) is 5.22. The highest BCUT2D eigenvalue weighted by molar-refractivity contribution is 5.31. The average molecular weight is 213 g/mol. The van der Waals surface area contributed by atoms with Crippen LogP contribution in [0.15, 0.2) is 24.3 Å². The highest BCUT2D eigenvalue weighted by Crippen LogP contribution is 2.30. The molecule has 1 N–H and O–H groups in total. The summed E-state index contributed by atoms with van der Waals surface area (Å²) in [7, 11) is 1.54. The summed E-state index contributed by atoms with van der Waals surface area (Å²) in [5, 5.41) is 2.53. The Balaban J connectivity index is 3.00. The molecule has 1 nitrogen and oxygen atoms in total. The molecule has 0 bridgehead atoms. The summed E-state index contributed by atoms with van der Waals surface area (Å²) in [6.45, 7) is 1.68. The fourth-order valence-corrected chi connectivity index (χ4v) is 1.68. The van der Waals surface area contributed by atoms with Crippen molar-refractivity contribution in [1.29, 1.82) is 0 Å². The number of alkyl halides is 2. The predicted octanol–water partition coefficient (Wildman–Crippen LogP) is 2.95. The van der Waals surface area contributed by atoms with E-state index in [1.165, 1.54) is 13.1 Å². The van der Waals surface area contributed by atoms with Crippen molar-refractivity contribution < 1.29 is 8.78 Å². The van der Waals surface area contributed by atoms with Crippen molar-refractivity contribution in [3.05, 3.63) is 35.4 Å². The van der Waals surface area contributed by atoms with E-state index in [1.807, 2.05) is 13.0 Å². The van der Waals surface area contributed by atoms with Crippen molar-refractivity contribution in [3.8, 4) is 0 Å². The van der Waals surface area contributed by atoms with Gasteiger partial charge in [-0.3, -0.25) is 0 Å². The zero-order chi connectivity index (χ0) is 11.3. The first kappa shape index (κ1) is 12.1. The summed E-state index contributed by atoms with van der Waals surface area (Å²) in [5.41, 5.74) is 0.904. The first-order chi connectivity index (χ1) is 7.11. The second kappa shape index (κ2) is 5.21. The minimum atomic E-state index is -2.78. The van der Waals surface area contributed by atoms with Gasteiger partial charge in [-0.05, 0) is 19.0 Å². The normalized spacial score (nSPS) is 11.7. The topological polar surface area (TPSA) is 12.0 Å². The Kier molecular flexibility index (Phi) is 4.21. The molecule has 0 amide bonds. The smallest absolute Gasteiger partial charge is 0.285 e. The maximum Gasteiger partial charge on any atom is 0.285 e. The van der Waals surface area contributed by atoms with Gasteiger partial charge >= 0.3 is 0 Å². The molecule has 15 heavy (non-hydrogen) atoms. The van der Waals surface area contributed by atoms with Crippen molar-refractivity contribution in [2.75, 3.05) is 13.6 Å². The van der Waals surface area contributed by atoms with Gasteiger partial charge in [-0.1, -0.05) is 37.6 Å². The molecular formula is C12H17F2N. The number of rotatable bonds is 5. The molecular weight excluding hydrogens is 196 g/mol. The fourth-order valence-electron chi connectivity index (χ4n) is 1.68. The summed E-state index contributed by atoms with van der Waals surface area (Å²) in [5.74, 6) is -2.78. The third-order valence-electron chi connectivity index (χ3n) is 2.33. The van der Waals surface area contributed by atoms with Crippen LogP contribution in [0.4, 0.5) is 8.78 Å². The lowest BCUT2D eigenvalue weighted by molar-refractivity contribution is -0.00212. The van der Waals surface area contributed by atoms with Gasteiger partial charge in [0.1, 0.15) is 0 Å². The molecule has 0 aliphatic rings. The number of benzene rings is 1. The summed E-state index contributed by atoms with van der Waals surface area (Å²) in [6, 6.07) is 6.77. The minimum Gasteiger partial charge on any atom is -0.314 e. The lowest BCUT2D eigenvalue weighted by Gasteiger charge is -2.19. The lowest BCUT2D eigenvalue weighted by atomic mass is 9.98. The van der Waals surface area contributed by atoms with Gasteiger partial charge in [0, 0.05) is 5.56 Å².